The van der Waals surface area contributed by atoms with E-state index in [2.05, 4.69) is 21.2 Å². The first-order valence-corrected chi connectivity index (χ1v) is 13.3. The van der Waals surface area contributed by atoms with Crippen molar-refractivity contribution in [1.29, 1.82) is 5.26 Å². The minimum atomic E-state index is -1.26. The van der Waals surface area contributed by atoms with E-state index in [1.54, 1.807) is 18.2 Å². The number of carboxylic acid groups (broad SMARTS) is 2. The Bertz CT molecular complexity index is 1340. The van der Waals surface area contributed by atoms with Gasteiger partial charge in [0.15, 0.2) is 0 Å². The predicted octanol–water partition coefficient (Wildman–Crippen LogP) is 3.00. The van der Waals surface area contributed by atoms with Crippen LogP contribution in [0.15, 0.2) is 59.7 Å². The Morgan fingerprint density at radius 3 is 2.43 bits per heavy atom. The molecule has 1 aliphatic rings. The van der Waals surface area contributed by atoms with Gasteiger partial charge in [-0.15, -0.1) is 0 Å². The second-order valence-electron chi connectivity index (χ2n) is 10.1. The van der Waals surface area contributed by atoms with Crippen LogP contribution in [-0.2, 0) is 14.4 Å². The Morgan fingerprint density at radius 1 is 1.21 bits per heavy atom. The standard InChI is InChI=1S/C25H30ClN5O3.C4H4O4/c1-16-10-23(33)30-31-24(16)17-5-8-20(9-6-17)28-15-25(2,3)29-13-21(32)14-34-22-11-19(26)7-4-18(22)12-27;5-3(6)1-2-4(7)8/h4-9,11,16,21,28-29,32H,10,13-15H2,1-3H3,(H,30,33);1-2H,(H,5,6)(H,7,8). The molecule has 0 saturated carbocycles. The first-order valence-electron chi connectivity index (χ1n) is 12.9. The number of nitrogens with one attached hydrogen (secondary N) is 3. The van der Waals surface area contributed by atoms with E-state index in [9.17, 15) is 19.5 Å². The third kappa shape index (κ3) is 12.0. The molecule has 12 nitrogen and oxygen atoms in total. The van der Waals surface area contributed by atoms with Crippen LogP contribution in [0.5, 0.6) is 5.75 Å². The molecule has 0 bridgehead atoms. The third-order valence-corrected chi connectivity index (χ3v) is 6.09. The summed E-state index contributed by atoms with van der Waals surface area (Å²) < 4.78 is 5.59. The van der Waals surface area contributed by atoms with Crippen LogP contribution in [0.25, 0.3) is 0 Å². The second kappa shape index (κ2) is 16.1. The maximum absolute atomic E-state index is 11.4. The molecule has 0 aromatic heterocycles. The highest BCUT2D eigenvalue weighted by Crippen LogP contribution is 2.23. The molecule has 2 unspecified atom stereocenters. The summed E-state index contributed by atoms with van der Waals surface area (Å²) in [5.41, 5.74) is 5.43. The molecule has 0 fully saturated rings. The minimum Gasteiger partial charge on any atom is -0.489 e. The Balaban J connectivity index is 0.000000675. The van der Waals surface area contributed by atoms with Crippen molar-refractivity contribution in [3.63, 3.8) is 0 Å². The number of aliphatic hydroxyl groups excluding tert-OH is 1. The van der Waals surface area contributed by atoms with E-state index in [1.165, 1.54) is 0 Å². The SMILES string of the molecule is CC1CC(=O)NN=C1c1ccc(NCC(C)(C)NCC(O)COc2cc(Cl)ccc2C#N)cc1.O=C(O)C=CC(=O)O. The summed E-state index contributed by atoms with van der Waals surface area (Å²) in [6, 6.07) is 14.8. The van der Waals surface area contributed by atoms with Gasteiger partial charge in [-0.3, -0.25) is 4.79 Å². The van der Waals surface area contributed by atoms with Gasteiger partial charge >= 0.3 is 11.9 Å². The lowest BCUT2D eigenvalue weighted by Gasteiger charge is -2.28. The van der Waals surface area contributed by atoms with Gasteiger partial charge in [0.05, 0.1) is 11.3 Å². The number of hydrogen-bond acceptors (Lipinski definition) is 9. The quantitative estimate of drug-likeness (QED) is 0.197. The Hall–Kier alpha value is -4.44. The predicted molar refractivity (Wildman–Crippen MR) is 158 cm³/mol. The molecule has 1 aliphatic heterocycles. The first-order chi connectivity index (χ1) is 19.8. The smallest absolute Gasteiger partial charge is 0.328 e. The van der Waals surface area contributed by atoms with Crippen molar-refractivity contribution < 1.29 is 34.4 Å². The van der Waals surface area contributed by atoms with Gasteiger partial charge in [0, 0.05) is 59.9 Å². The van der Waals surface area contributed by atoms with Crippen molar-refractivity contribution in [1.82, 2.24) is 10.7 Å². The molecule has 2 aromatic carbocycles. The van der Waals surface area contributed by atoms with E-state index < -0.39 is 18.0 Å². The molecule has 0 saturated heterocycles. The zero-order valence-corrected chi connectivity index (χ0v) is 24.2. The fourth-order valence-corrected chi connectivity index (χ4v) is 3.80. The van der Waals surface area contributed by atoms with Crippen molar-refractivity contribution >= 4 is 40.8 Å². The molecule has 0 aliphatic carbocycles. The van der Waals surface area contributed by atoms with E-state index in [1.807, 2.05) is 51.1 Å². The number of benzene rings is 2. The molecule has 2 aromatic rings. The summed E-state index contributed by atoms with van der Waals surface area (Å²) in [5.74, 6) is -2.14. The van der Waals surface area contributed by atoms with Crippen molar-refractivity contribution in [3.05, 3.63) is 70.8 Å². The number of nitrogens with zero attached hydrogens (tertiary/aromatic N) is 2. The van der Waals surface area contributed by atoms with Crippen LogP contribution in [0.1, 0.15) is 38.3 Å². The summed E-state index contributed by atoms with van der Waals surface area (Å²) in [6.07, 6.45) is 0.793. The number of hydrazone groups is 1. The number of anilines is 1. The van der Waals surface area contributed by atoms with Gasteiger partial charge in [-0.2, -0.15) is 10.4 Å². The Morgan fingerprint density at radius 2 is 1.86 bits per heavy atom. The van der Waals surface area contributed by atoms with Crippen LogP contribution in [-0.4, -0.2) is 70.2 Å². The lowest BCUT2D eigenvalue weighted by Crippen LogP contribution is -2.49. The van der Waals surface area contributed by atoms with Crippen molar-refractivity contribution in [2.75, 3.05) is 25.0 Å². The normalized spacial score (nSPS) is 15.4. The van der Waals surface area contributed by atoms with E-state index in [4.69, 9.17) is 31.8 Å². The highest BCUT2D eigenvalue weighted by molar-refractivity contribution is 6.30. The number of carboxylic acids is 2. The number of nitriles is 1. The van der Waals surface area contributed by atoms with Gasteiger partial charge in [0.2, 0.25) is 5.91 Å². The van der Waals surface area contributed by atoms with Crippen LogP contribution in [0.2, 0.25) is 5.02 Å². The number of ether oxygens (including phenoxy) is 1. The number of amides is 1. The molecule has 13 heteroatoms. The van der Waals surface area contributed by atoms with Crippen LogP contribution < -0.4 is 20.8 Å². The number of carbonyl (C=O) groups is 3. The van der Waals surface area contributed by atoms with Gasteiger partial charge in [0.25, 0.3) is 0 Å². The summed E-state index contributed by atoms with van der Waals surface area (Å²) >= 11 is 5.96. The fraction of sp³-hybridized carbons (Fsp3) is 0.345. The first kappa shape index (κ1) is 33.8. The third-order valence-electron chi connectivity index (χ3n) is 5.85. The van der Waals surface area contributed by atoms with E-state index in [-0.39, 0.29) is 24.0 Å². The lowest BCUT2D eigenvalue weighted by molar-refractivity contribution is -0.134. The summed E-state index contributed by atoms with van der Waals surface area (Å²) in [7, 11) is 0. The molecule has 42 heavy (non-hydrogen) atoms. The molecule has 224 valence electrons. The monoisotopic (exact) mass is 599 g/mol. The van der Waals surface area contributed by atoms with Crippen LogP contribution in [0.4, 0.5) is 5.69 Å². The molecular formula is C29H34ClN5O7. The number of aliphatic hydroxyl groups is 1. The van der Waals surface area contributed by atoms with E-state index in [0.717, 1.165) is 17.0 Å². The van der Waals surface area contributed by atoms with Gasteiger partial charge in [-0.1, -0.05) is 30.7 Å². The van der Waals surface area contributed by atoms with Gasteiger partial charge < -0.3 is 30.7 Å². The molecule has 1 amide bonds. The van der Waals surface area contributed by atoms with Crippen molar-refractivity contribution in [2.24, 2.45) is 11.0 Å². The Kier molecular flexibility index (Phi) is 13.0. The number of hydrogen-bond donors (Lipinski definition) is 6. The topological polar surface area (TPSA) is 193 Å². The van der Waals surface area contributed by atoms with Crippen LogP contribution >= 0.6 is 11.6 Å². The summed E-state index contributed by atoms with van der Waals surface area (Å²) in [6.45, 7) is 7.05. The average molecular weight is 600 g/mol. The largest absolute Gasteiger partial charge is 0.489 e. The van der Waals surface area contributed by atoms with Crippen LogP contribution in [0, 0.1) is 17.2 Å². The second-order valence-corrected chi connectivity index (χ2v) is 10.5. The lowest BCUT2D eigenvalue weighted by atomic mass is 9.94. The Labute approximate surface area is 248 Å². The molecule has 0 radical (unpaired) electrons. The van der Waals surface area contributed by atoms with Gasteiger partial charge in [-0.25, -0.2) is 15.0 Å². The van der Waals surface area contributed by atoms with Gasteiger partial charge in [0.1, 0.15) is 24.5 Å². The van der Waals surface area contributed by atoms with E-state index >= 15 is 0 Å². The minimum absolute atomic E-state index is 0.0375. The zero-order valence-electron chi connectivity index (χ0n) is 23.4. The number of rotatable bonds is 12. The maximum atomic E-state index is 11.4. The molecule has 1 heterocycles. The number of β-amino-alcohol motifs (C(OH)–C–C–N with tert-alkyl or cyclic N) is 1. The van der Waals surface area contributed by atoms with Crippen molar-refractivity contribution in [3.8, 4) is 11.8 Å². The van der Waals surface area contributed by atoms with E-state index in [0.29, 0.717) is 48.0 Å². The molecule has 2 atom stereocenters. The molecular weight excluding hydrogens is 566 g/mol. The number of aliphatic carboxylic acids is 2. The van der Waals surface area contributed by atoms with Crippen molar-refractivity contribution in [2.45, 2.75) is 38.8 Å². The van der Waals surface area contributed by atoms with Crippen LogP contribution in [0.3, 0.4) is 0 Å². The highest BCUT2D eigenvalue weighted by Gasteiger charge is 2.22. The highest BCUT2D eigenvalue weighted by atomic mass is 35.5. The summed E-state index contributed by atoms with van der Waals surface area (Å²) in [5, 5.41) is 46.5. The maximum Gasteiger partial charge on any atom is 0.328 e. The van der Waals surface area contributed by atoms with Gasteiger partial charge in [-0.05, 0) is 43.7 Å². The average Bonchev–Trinajstić information content (AvgIpc) is 2.94. The summed E-state index contributed by atoms with van der Waals surface area (Å²) in [4.78, 5) is 30.6. The molecule has 6 N–H and O–H groups in total. The number of halogens is 1. The fourth-order valence-electron chi connectivity index (χ4n) is 3.64. The molecule has 0 spiro atoms. The number of carbonyl (C=O) groups excluding carboxylic acids is 1. The molecule has 3 rings (SSSR count). The zero-order chi connectivity index (χ0) is 31.3.